The van der Waals surface area contributed by atoms with Crippen molar-refractivity contribution in [1.29, 1.82) is 0 Å². The fraction of sp³-hybridized carbons (Fsp3) is 0.143. The minimum absolute atomic E-state index is 0.118. The molecule has 2 unspecified atom stereocenters. The molecule has 0 aliphatic rings. The molecule has 0 radical (unpaired) electrons. The molecule has 3 rings (SSSR count). The normalized spacial score (nSPS) is 13.2. The van der Waals surface area contributed by atoms with Gasteiger partial charge in [-0.15, -0.1) is 0 Å². The van der Waals surface area contributed by atoms with Crippen molar-refractivity contribution in [3.63, 3.8) is 0 Å². The Bertz CT molecular complexity index is 835. The van der Waals surface area contributed by atoms with E-state index in [0.29, 0.717) is 6.42 Å². The van der Waals surface area contributed by atoms with Crippen LogP contribution >= 0.6 is 31.9 Å². The largest absolute Gasteiger partial charge is 0.388 e. The summed E-state index contributed by atoms with van der Waals surface area (Å²) in [5, 5.41) is 14.1. The second-order valence-corrected chi connectivity index (χ2v) is 7.89. The summed E-state index contributed by atoms with van der Waals surface area (Å²) in [6.07, 6.45) is -0.134. The Hall–Kier alpha value is -1.69. The van der Waals surface area contributed by atoms with Gasteiger partial charge in [0.05, 0.1) is 12.1 Å². The molecule has 134 valence electrons. The van der Waals surface area contributed by atoms with Crippen LogP contribution in [0.15, 0.2) is 81.7 Å². The number of hydrogen-bond donors (Lipinski definition) is 2. The Morgan fingerprint density at radius 1 is 0.769 bits per heavy atom. The zero-order valence-electron chi connectivity index (χ0n) is 13.9. The number of anilines is 1. The zero-order valence-corrected chi connectivity index (χ0v) is 17.0. The Kier molecular flexibility index (Phi) is 6.46. The fourth-order valence-electron chi connectivity index (χ4n) is 2.77. The molecule has 5 heteroatoms. The van der Waals surface area contributed by atoms with Crippen molar-refractivity contribution in [3.05, 3.63) is 98.7 Å². The van der Waals surface area contributed by atoms with Crippen LogP contribution in [-0.4, -0.2) is 5.11 Å². The Morgan fingerprint density at radius 2 is 1.27 bits per heavy atom. The van der Waals surface area contributed by atoms with E-state index in [2.05, 4.69) is 37.2 Å². The topological polar surface area (TPSA) is 32.3 Å². The first-order chi connectivity index (χ1) is 12.5. The van der Waals surface area contributed by atoms with Crippen LogP contribution in [-0.2, 0) is 0 Å². The summed E-state index contributed by atoms with van der Waals surface area (Å²) in [5.41, 5.74) is 2.72. The number of rotatable bonds is 6. The van der Waals surface area contributed by atoms with Crippen LogP contribution in [0.25, 0.3) is 0 Å². The minimum atomic E-state index is -0.621. The quantitative estimate of drug-likeness (QED) is 0.416. The van der Waals surface area contributed by atoms with Crippen LogP contribution in [0, 0.1) is 5.82 Å². The van der Waals surface area contributed by atoms with Crippen LogP contribution in [0.2, 0.25) is 0 Å². The van der Waals surface area contributed by atoms with E-state index in [0.717, 1.165) is 25.8 Å². The van der Waals surface area contributed by atoms with Gasteiger partial charge in [0.15, 0.2) is 0 Å². The van der Waals surface area contributed by atoms with Crippen molar-refractivity contribution >= 4 is 37.5 Å². The number of halogens is 3. The molecule has 0 bridgehead atoms. The predicted octanol–water partition coefficient (Wildman–Crippen LogP) is 6.63. The molecule has 2 N–H and O–H groups in total. The van der Waals surface area contributed by atoms with Crippen molar-refractivity contribution in [3.8, 4) is 0 Å². The molecule has 0 aromatic heterocycles. The van der Waals surface area contributed by atoms with Crippen molar-refractivity contribution in [2.24, 2.45) is 0 Å². The third-order valence-corrected chi connectivity index (χ3v) is 5.23. The second kappa shape index (κ2) is 8.80. The maximum Gasteiger partial charge on any atom is 0.123 e. The van der Waals surface area contributed by atoms with Crippen LogP contribution in [0.4, 0.5) is 10.1 Å². The Morgan fingerprint density at radius 3 is 1.81 bits per heavy atom. The SMILES string of the molecule is OC(CC(Nc1ccc(F)cc1)c1ccc(Br)cc1)c1ccc(Br)cc1. The van der Waals surface area contributed by atoms with Gasteiger partial charge in [0, 0.05) is 21.1 Å². The lowest BCUT2D eigenvalue weighted by Gasteiger charge is -2.24. The van der Waals surface area contributed by atoms with E-state index in [1.165, 1.54) is 12.1 Å². The maximum atomic E-state index is 13.2. The molecule has 0 aliphatic heterocycles. The van der Waals surface area contributed by atoms with E-state index in [4.69, 9.17) is 0 Å². The van der Waals surface area contributed by atoms with Gasteiger partial charge in [-0.2, -0.15) is 0 Å². The number of aliphatic hydroxyl groups is 1. The standard InChI is InChI=1S/C21H18Br2FNO/c22-16-5-1-14(2-6-16)20(25-19-11-9-18(24)10-12-19)13-21(26)15-3-7-17(23)8-4-15/h1-12,20-21,25-26H,13H2. The Labute approximate surface area is 169 Å². The minimum Gasteiger partial charge on any atom is -0.388 e. The summed E-state index contributed by atoms with van der Waals surface area (Å²) in [5.74, 6) is -0.273. The second-order valence-electron chi connectivity index (χ2n) is 6.06. The van der Waals surface area contributed by atoms with Gasteiger partial charge in [0.25, 0.3) is 0 Å². The molecule has 3 aromatic carbocycles. The molecule has 2 nitrogen and oxygen atoms in total. The summed E-state index contributed by atoms with van der Waals surface area (Å²) in [7, 11) is 0. The van der Waals surface area contributed by atoms with Crippen LogP contribution < -0.4 is 5.32 Å². The summed E-state index contributed by atoms with van der Waals surface area (Å²) in [6, 6.07) is 21.8. The molecule has 0 spiro atoms. The van der Waals surface area contributed by atoms with Crippen LogP contribution in [0.3, 0.4) is 0 Å². The highest BCUT2D eigenvalue weighted by Gasteiger charge is 2.18. The molecular formula is C21H18Br2FNO. The summed E-state index contributed by atoms with van der Waals surface area (Å²) < 4.78 is 15.1. The highest BCUT2D eigenvalue weighted by molar-refractivity contribution is 9.10. The molecule has 0 saturated carbocycles. The molecular weight excluding hydrogens is 461 g/mol. The molecule has 0 saturated heterocycles. The highest BCUT2D eigenvalue weighted by Crippen LogP contribution is 2.31. The summed E-state index contributed by atoms with van der Waals surface area (Å²) >= 11 is 6.86. The van der Waals surface area contributed by atoms with Gasteiger partial charge >= 0.3 is 0 Å². The first-order valence-electron chi connectivity index (χ1n) is 8.22. The van der Waals surface area contributed by atoms with Crippen molar-refractivity contribution in [1.82, 2.24) is 0 Å². The zero-order chi connectivity index (χ0) is 18.5. The lowest BCUT2D eigenvalue weighted by Crippen LogP contribution is -2.15. The third-order valence-electron chi connectivity index (χ3n) is 4.17. The van der Waals surface area contributed by atoms with E-state index in [9.17, 15) is 9.50 Å². The van der Waals surface area contributed by atoms with Crippen LogP contribution in [0.5, 0.6) is 0 Å². The van der Waals surface area contributed by atoms with E-state index < -0.39 is 6.10 Å². The van der Waals surface area contributed by atoms with Gasteiger partial charge in [-0.05, 0) is 59.7 Å². The van der Waals surface area contributed by atoms with Gasteiger partial charge in [-0.25, -0.2) is 4.39 Å². The smallest absolute Gasteiger partial charge is 0.123 e. The lowest BCUT2D eigenvalue weighted by molar-refractivity contribution is 0.160. The predicted molar refractivity (Wildman–Crippen MR) is 111 cm³/mol. The summed E-state index contributed by atoms with van der Waals surface area (Å²) in [4.78, 5) is 0. The van der Waals surface area contributed by atoms with Crippen molar-refractivity contribution in [2.75, 3.05) is 5.32 Å². The fourth-order valence-corrected chi connectivity index (χ4v) is 3.29. The number of nitrogens with one attached hydrogen (secondary N) is 1. The number of aliphatic hydroxyl groups excluding tert-OH is 1. The van der Waals surface area contributed by atoms with Gasteiger partial charge in [0.2, 0.25) is 0 Å². The first kappa shape index (κ1) is 19.1. The molecule has 3 aromatic rings. The van der Waals surface area contributed by atoms with E-state index in [-0.39, 0.29) is 11.9 Å². The maximum absolute atomic E-state index is 13.2. The molecule has 0 amide bonds. The summed E-state index contributed by atoms with van der Waals surface area (Å²) in [6.45, 7) is 0. The molecule has 0 aliphatic carbocycles. The monoisotopic (exact) mass is 477 g/mol. The van der Waals surface area contributed by atoms with Gasteiger partial charge in [-0.3, -0.25) is 0 Å². The van der Waals surface area contributed by atoms with E-state index in [1.807, 2.05) is 48.5 Å². The lowest BCUT2D eigenvalue weighted by atomic mass is 9.96. The van der Waals surface area contributed by atoms with E-state index >= 15 is 0 Å². The third kappa shape index (κ3) is 5.16. The Balaban J connectivity index is 1.83. The molecule has 2 atom stereocenters. The average Bonchev–Trinajstić information content (AvgIpc) is 2.64. The molecule has 0 heterocycles. The molecule has 26 heavy (non-hydrogen) atoms. The van der Waals surface area contributed by atoms with Gasteiger partial charge < -0.3 is 10.4 Å². The number of benzene rings is 3. The van der Waals surface area contributed by atoms with E-state index in [1.54, 1.807) is 12.1 Å². The molecule has 0 fully saturated rings. The highest BCUT2D eigenvalue weighted by atomic mass is 79.9. The van der Waals surface area contributed by atoms with Crippen LogP contribution in [0.1, 0.15) is 29.7 Å². The van der Waals surface area contributed by atoms with Gasteiger partial charge in [-0.1, -0.05) is 56.1 Å². The average molecular weight is 479 g/mol. The first-order valence-corrected chi connectivity index (χ1v) is 9.81. The number of hydrogen-bond acceptors (Lipinski definition) is 2. The van der Waals surface area contributed by atoms with Crippen molar-refractivity contribution < 1.29 is 9.50 Å². The van der Waals surface area contributed by atoms with Crippen molar-refractivity contribution in [2.45, 2.75) is 18.6 Å². The van der Waals surface area contributed by atoms with Gasteiger partial charge in [0.1, 0.15) is 5.82 Å².